The van der Waals surface area contributed by atoms with Crippen LogP contribution in [0.4, 0.5) is 0 Å². The monoisotopic (exact) mass is 405 g/mol. The van der Waals surface area contributed by atoms with E-state index in [4.69, 9.17) is 4.74 Å². The fourth-order valence-electron chi connectivity index (χ4n) is 3.35. The molecule has 0 spiro atoms. The van der Waals surface area contributed by atoms with E-state index in [1.54, 1.807) is 30.8 Å². The summed E-state index contributed by atoms with van der Waals surface area (Å²) in [4.78, 5) is 35.2. The van der Waals surface area contributed by atoms with Crippen molar-refractivity contribution in [1.82, 2.24) is 9.55 Å². The highest BCUT2D eigenvalue weighted by Gasteiger charge is 2.33. The number of ether oxygens (including phenoxy) is 1. The van der Waals surface area contributed by atoms with Gasteiger partial charge in [-0.25, -0.2) is 9.79 Å². The Labute approximate surface area is 171 Å². The fraction of sp³-hybridized carbons (Fsp3) is 0.182. The van der Waals surface area contributed by atoms with Gasteiger partial charge in [-0.1, -0.05) is 41.7 Å². The average molecular weight is 405 g/mol. The molecule has 0 unspecified atom stereocenters. The zero-order valence-electron chi connectivity index (χ0n) is 16.0. The van der Waals surface area contributed by atoms with Crippen LogP contribution in [0, 0.1) is 0 Å². The standard InChI is InChI=1S/C22H19N3O3S/c1-3-28-21(27)18-14(2)24-22-25(19(18)16-7-5-4-6-8-16)20(26)17(29-22)13-15-9-11-23-12-10-15/h4-13,19H,3H2,1-2H3/b17-13-/t19-/m0/s1. The number of hydrogen-bond donors (Lipinski definition) is 0. The van der Waals surface area contributed by atoms with Crippen molar-refractivity contribution in [3.05, 3.63) is 96.9 Å². The summed E-state index contributed by atoms with van der Waals surface area (Å²) >= 11 is 1.31. The zero-order chi connectivity index (χ0) is 20.4. The number of esters is 1. The summed E-state index contributed by atoms with van der Waals surface area (Å²) in [7, 11) is 0. The molecule has 1 aliphatic heterocycles. The highest BCUT2D eigenvalue weighted by atomic mass is 32.1. The van der Waals surface area contributed by atoms with E-state index in [2.05, 4.69) is 9.98 Å². The van der Waals surface area contributed by atoms with Gasteiger partial charge in [0, 0.05) is 12.4 Å². The number of benzene rings is 1. The highest BCUT2D eigenvalue weighted by molar-refractivity contribution is 7.07. The molecule has 3 aromatic rings. The summed E-state index contributed by atoms with van der Waals surface area (Å²) in [6.45, 7) is 3.79. The minimum absolute atomic E-state index is 0.186. The molecule has 0 N–H and O–H groups in total. The van der Waals surface area contributed by atoms with Crippen LogP contribution in [0.15, 0.2) is 75.9 Å². The Balaban J connectivity index is 1.96. The van der Waals surface area contributed by atoms with Crippen molar-refractivity contribution in [2.45, 2.75) is 19.9 Å². The molecule has 2 aromatic heterocycles. The van der Waals surface area contributed by atoms with Crippen molar-refractivity contribution in [2.75, 3.05) is 6.61 Å². The van der Waals surface area contributed by atoms with Gasteiger partial charge in [0.05, 0.1) is 28.5 Å². The number of carbonyl (C=O) groups is 1. The molecule has 4 rings (SSSR count). The van der Waals surface area contributed by atoms with Gasteiger partial charge >= 0.3 is 5.97 Å². The molecule has 29 heavy (non-hydrogen) atoms. The van der Waals surface area contributed by atoms with E-state index in [1.165, 1.54) is 11.3 Å². The smallest absolute Gasteiger partial charge is 0.338 e. The summed E-state index contributed by atoms with van der Waals surface area (Å²) < 4.78 is 7.42. The van der Waals surface area contributed by atoms with Crippen molar-refractivity contribution in [3.8, 4) is 0 Å². The number of rotatable bonds is 4. The van der Waals surface area contributed by atoms with Gasteiger partial charge in [-0.3, -0.25) is 14.3 Å². The molecule has 0 aliphatic carbocycles. The minimum atomic E-state index is -0.578. The van der Waals surface area contributed by atoms with Crippen LogP contribution in [-0.2, 0) is 9.53 Å². The van der Waals surface area contributed by atoms with E-state index in [0.29, 0.717) is 20.6 Å². The summed E-state index contributed by atoms with van der Waals surface area (Å²) in [5, 5.41) is 0. The van der Waals surface area contributed by atoms with Crippen LogP contribution >= 0.6 is 11.3 Å². The lowest BCUT2D eigenvalue weighted by atomic mass is 9.96. The maximum absolute atomic E-state index is 13.3. The third-order valence-electron chi connectivity index (χ3n) is 4.64. The van der Waals surface area contributed by atoms with Crippen molar-refractivity contribution in [3.63, 3.8) is 0 Å². The molecule has 0 bridgehead atoms. The van der Waals surface area contributed by atoms with Gasteiger partial charge in [-0.2, -0.15) is 0 Å². The second-order valence-corrected chi connectivity index (χ2v) is 7.50. The van der Waals surface area contributed by atoms with E-state index in [-0.39, 0.29) is 12.2 Å². The lowest BCUT2D eigenvalue weighted by Gasteiger charge is -2.24. The van der Waals surface area contributed by atoms with Crippen LogP contribution in [0.2, 0.25) is 0 Å². The second kappa shape index (κ2) is 7.97. The first kappa shape index (κ1) is 19.0. The van der Waals surface area contributed by atoms with Gasteiger partial charge in [0.1, 0.15) is 0 Å². The topological polar surface area (TPSA) is 73.6 Å². The highest BCUT2D eigenvalue weighted by Crippen LogP contribution is 2.30. The number of hydrogen-bond acceptors (Lipinski definition) is 6. The van der Waals surface area contributed by atoms with Gasteiger partial charge in [-0.05, 0) is 43.2 Å². The first-order chi connectivity index (χ1) is 14.1. The summed E-state index contributed by atoms with van der Waals surface area (Å²) in [5.74, 6) is -0.453. The summed E-state index contributed by atoms with van der Waals surface area (Å²) in [6.07, 6.45) is 5.17. The first-order valence-corrected chi connectivity index (χ1v) is 10.1. The number of pyridine rings is 1. The van der Waals surface area contributed by atoms with Crippen LogP contribution in [0.1, 0.15) is 31.0 Å². The Morgan fingerprint density at radius 2 is 1.93 bits per heavy atom. The average Bonchev–Trinajstić information content (AvgIpc) is 3.03. The Kier molecular flexibility index (Phi) is 5.22. The van der Waals surface area contributed by atoms with Crippen LogP contribution in [0.25, 0.3) is 6.08 Å². The normalized spacial score (nSPS) is 16.3. The molecule has 7 heteroatoms. The van der Waals surface area contributed by atoms with Gasteiger partial charge in [-0.15, -0.1) is 0 Å². The number of nitrogens with zero attached hydrogens (tertiary/aromatic N) is 3. The number of aromatic nitrogens is 2. The van der Waals surface area contributed by atoms with E-state index < -0.39 is 12.0 Å². The Hall–Kier alpha value is -3.32. The third kappa shape index (κ3) is 3.56. The zero-order valence-corrected chi connectivity index (χ0v) is 16.8. The largest absolute Gasteiger partial charge is 0.463 e. The molecule has 146 valence electrons. The molecule has 0 radical (unpaired) electrons. The van der Waals surface area contributed by atoms with Gasteiger partial charge in [0.15, 0.2) is 4.80 Å². The van der Waals surface area contributed by atoms with Crippen LogP contribution in [0.3, 0.4) is 0 Å². The van der Waals surface area contributed by atoms with Crippen LogP contribution < -0.4 is 14.9 Å². The van der Waals surface area contributed by atoms with E-state index in [0.717, 1.165) is 11.1 Å². The fourth-order valence-corrected chi connectivity index (χ4v) is 4.40. The van der Waals surface area contributed by atoms with Gasteiger partial charge in [0.25, 0.3) is 5.56 Å². The molecule has 0 saturated carbocycles. The molecule has 6 nitrogen and oxygen atoms in total. The molecule has 0 fully saturated rings. The molecule has 1 aromatic carbocycles. The first-order valence-electron chi connectivity index (χ1n) is 9.24. The van der Waals surface area contributed by atoms with E-state index in [9.17, 15) is 9.59 Å². The number of allylic oxidation sites excluding steroid dienone is 1. The van der Waals surface area contributed by atoms with Crippen molar-refractivity contribution in [1.29, 1.82) is 0 Å². The maximum atomic E-state index is 13.3. The molecule has 0 saturated heterocycles. The Bertz CT molecular complexity index is 1260. The van der Waals surface area contributed by atoms with Crippen molar-refractivity contribution < 1.29 is 9.53 Å². The third-order valence-corrected chi connectivity index (χ3v) is 5.62. The molecule has 1 atom stereocenters. The lowest BCUT2D eigenvalue weighted by molar-refractivity contribution is -0.139. The molecular formula is C22H19N3O3S. The lowest BCUT2D eigenvalue weighted by Crippen LogP contribution is -2.39. The van der Waals surface area contributed by atoms with Crippen molar-refractivity contribution >= 4 is 23.4 Å². The molecular weight excluding hydrogens is 386 g/mol. The molecule has 3 heterocycles. The van der Waals surface area contributed by atoms with E-state index >= 15 is 0 Å². The molecule has 0 amide bonds. The predicted octanol–water partition coefficient (Wildman–Crippen LogP) is 2.19. The van der Waals surface area contributed by atoms with Crippen LogP contribution in [0.5, 0.6) is 0 Å². The number of thiazole rings is 1. The predicted molar refractivity (Wildman–Crippen MR) is 111 cm³/mol. The van der Waals surface area contributed by atoms with Crippen molar-refractivity contribution in [2.24, 2.45) is 4.99 Å². The number of carbonyl (C=O) groups excluding carboxylic acids is 1. The van der Waals surface area contributed by atoms with Gasteiger partial charge < -0.3 is 4.74 Å². The summed E-state index contributed by atoms with van der Waals surface area (Å²) in [6, 6.07) is 12.6. The van der Waals surface area contributed by atoms with Crippen LogP contribution in [-0.4, -0.2) is 22.1 Å². The second-order valence-electron chi connectivity index (χ2n) is 6.49. The SMILES string of the molecule is CCOC(=O)C1=C(C)N=c2s/c(=C\c3ccncc3)c(=O)n2[C@H]1c1ccccc1. The van der Waals surface area contributed by atoms with Gasteiger partial charge in [0.2, 0.25) is 0 Å². The molecule has 1 aliphatic rings. The Morgan fingerprint density at radius 3 is 2.62 bits per heavy atom. The van der Waals surface area contributed by atoms with E-state index in [1.807, 2.05) is 48.5 Å². The maximum Gasteiger partial charge on any atom is 0.338 e. The minimum Gasteiger partial charge on any atom is -0.463 e. The quantitative estimate of drug-likeness (QED) is 0.624. The number of fused-ring (bicyclic) bond motifs is 1. The summed E-state index contributed by atoms with van der Waals surface area (Å²) in [5.41, 5.74) is 2.48. The Morgan fingerprint density at radius 1 is 1.21 bits per heavy atom.